The van der Waals surface area contributed by atoms with Crippen LogP contribution in [0.3, 0.4) is 0 Å². The Morgan fingerprint density at radius 3 is 1.75 bits per heavy atom. The van der Waals surface area contributed by atoms with E-state index in [-0.39, 0.29) is 40.8 Å². The molecule has 0 aromatic carbocycles. The molecule has 24 valence electrons. The van der Waals surface area contributed by atoms with Crippen LogP contribution in [-0.4, -0.2) is 0 Å². The third-order valence-corrected chi connectivity index (χ3v) is 0. The van der Waals surface area contributed by atoms with Crippen molar-refractivity contribution in [3.05, 3.63) is 6.92 Å². The van der Waals surface area contributed by atoms with E-state index in [1.807, 2.05) is 6.92 Å². The molecule has 0 aromatic heterocycles. The Hall–Kier alpha value is 1.35. The standard InChI is InChI=1S/C3H7.Nd/c1-3-2;/h1,3H2,2H3;/q-1;. The second-order valence-electron chi connectivity index (χ2n) is 0.500. The monoisotopic (exact) mass is 185 g/mol. The van der Waals surface area contributed by atoms with Crippen molar-refractivity contribution in [1.29, 1.82) is 0 Å². The van der Waals surface area contributed by atoms with Gasteiger partial charge in [-0.25, -0.2) is 0 Å². The van der Waals surface area contributed by atoms with Crippen molar-refractivity contribution >= 4 is 0 Å². The van der Waals surface area contributed by atoms with Gasteiger partial charge in [0.2, 0.25) is 0 Å². The fraction of sp³-hybridized carbons (Fsp3) is 0.667. The van der Waals surface area contributed by atoms with Gasteiger partial charge in [-0.3, -0.25) is 0 Å². The second kappa shape index (κ2) is 8.84. The third kappa shape index (κ3) is 10.1. The summed E-state index contributed by atoms with van der Waals surface area (Å²) in [5, 5.41) is 0. The van der Waals surface area contributed by atoms with Crippen LogP contribution in [0.2, 0.25) is 0 Å². The van der Waals surface area contributed by atoms with E-state index in [9.17, 15) is 0 Å². The van der Waals surface area contributed by atoms with Crippen LogP contribution in [0.25, 0.3) is 0 Å². The zero-order valence-electron chi connectivity index (χ0n) is 2.91. The Morgan fingerprint density at radius 2 is 1.75 bits per heavy atom. The number of rotatable bonds is 0. The Kier molecular flexibility index (Phi) is 19.9. The molecule has 0 saturated carbocycles. The van der Waals surface area contributed by atoms with Gasteiger partial charge in [-0.1, -0.05) is 6.92 Å². The van der Waals surface area contributed by atoms with Crippen molar-refractivity contribution in [2.24, 2.45) is 0 Å². The van der Waals surface area contributed by atoms with Crippen molar-refractivity contribution in [2.75, 3.05) is 0 Å². The predicted molar refractivity (Wildman–Crippen MR) is 15.6 cm³/mol. The number of hydrogen-bond donors (Lipinski definition) is 0. The summed E-state index contributed by atoms with van der Waals surface area (Å²) in [4.78, 5) is 0. The first kappa shape index (κ1) is 9.02. The summed E-state index contributed by atoms with van der Waals surface area (Å²) < 4.78 is 0. The molecule has 4 heavy (non-hydrogen) atoms. The van der Waals surface area contributed by atoms with Crippen LogP contribution < -0.4 is 0 Å². The molecule has 0 unspecified atom stereocenters. The van der Waals surface area contributed by atoms with Gasteiger partial charge < -0.3 is 6.92 Å². The van der Waals surface area contributed by atoms with Gasteiger partial charge in [-0.15, -0.1) is 0 Å². The van der Waals surface area contributed by atoms with E-state index >= 15 is 0 Å². The van der Waals surface area contributed by atoms with Crippen LogP contribution >= 0.6 is 0 Å². The maximum Gasteiger partial charge on any atom is 0 e. The third-order valence-electron chi connectivity index (χ3n) is 0. The SMILES string of the molecule is [CH2-]CC.[Nd]. The Labute approximate surface area is 60.5 Å². The summed E-state index contributed by atoms with van der Waals surface area (Å²) in [5.74, 6) is 0. The van der Waals surface area contributed by atoms with Gasteiger partial charge in [0.25, 0.3) is 0 Å². The van der Waals surface area contributed by atoms with Crippen LogP contribution in [0, 0.1) is 47.8 Å². The molecule has 0 heterocycles. The molecule has 0 aliphatic rings. The summed E-state index contributed by atoms with van der Waals surface area (Å²) in [6.45, 7) is 5.50. The second-order valence-corrected chi connectivity index (χ2v) is 0.500. The fourth-order valence-corrected chi connectivity index (χ4v) is 0. The summed E-state index contributed by atoms with van der Waals surface area (Å²) in [6.07, 6.45) is 1.00. The molecular formula is C3H7Nd-. The minimum Gasteiger partial charge on any atom is -0.344 e. The van der Waals surface area contributed by atoms with E-state index in [0.29, 0.717) is 0 Å². The van der Waals surface area contributed by atoms with E-state index < -0.39 is 0 Å². The topological polar surface area (TPSA) is 0 Å². The van der Waals surface area contributed by atoms with E-state index in [1.54, 1.807) is 0 Å². The van der Waals surface area contributed by atoms with Crippen molar-refractivity contribution < 1.29 is 40.8 Å². The molecule has 0 aliphatic heterocycles. The summed E-state index contributed by atoms with van der Waals surface area (Å²) in [5.41, 5.74) is 0. The van der Waals surface area contributed by atoms with E-state index in [2.05, 4.69) is 6.92 Å². The smallest absolute Gasteiger partial charge is 0 e. The van der Waals surface area contributed by atoms with Crippen molar-refractivity contribution in [1.82, 2.24) is 0 Å². The molecule has 0 bridgehead atoms. The van der Waals surface area contributed by atoms with Crippen LogP contribution in [0.1, 0.15) is 13.3 Å². The Balaban J connectivity index is 0. The number of hydrogen-bond acceptors (Lipinski definition) is 0. The van der Waals surface area contributed by atoms with Crippen LogP contribution in [-0.2, 0) is 0 Å². The van der Waals surface area contributed by atoms with E-state index in [0.717, 1.165) is 6.42 Å². The minimum atomic E-state index is 0. The zero-order valence-corrected chi connectivity index (χ0v) is 6.12. The molecule has 0 aliphatic carbocycles. The van der Waals surface area contributed by atoms with Crippen LogP contribution in [0.4, 0.5) is 0 Å². The van der Waals surface area contributed by atoms with Gasteiger partial charge in [0.15, 0.2) is 0 Å². The van der Waals surface area contributed by atoms with Gasteiger partial charge in [0.05, 0.1) is 0 Å². The normalized spacial score (nSPS) is 4.50. The van der Waals surface area contributed by atoms with Gasteiger partial charge >= 0.3 is 0 Å². The molecule has 0 aromatic rings. The molecule has 0 rings (SSSR count). The van der Waals surface area contributed by atoms with Crippen LogP contribution in [0.15, 0.2) is 0 Å². The molecule has 0 fully saturated rings. The van der Waals surface area contributed by atoms with Gasteiger partial charge in [-0.05, 0) is 0 Å². The Bertz CT molecular complexity index is 3.25. The molecule has 0 saturated heterocycles. The molecule has 0 radical (unpaired) electrons. The largest absolute Gasteiger partial charge is 0.344 e. The molecule has 0 amide bonds. The molecule has 1 heteroatoms. The first-order chi connectivity index (χ1) is 1.41. The summed E-state index contributed by atoms with van der Waals surface area (Å²) in [7, 11) is 0. The fourth-order valence-electron chi connectivity index (χ4n) is 0. The average Bonchev–Trinajstić information content (AvgIpc) is 0.918. The summed E-state index contributed by atoms with van der Waals surface area (Å²) in [6, 6.07) is 0. The maximum atomic E-state index is 3.49. The quantitative estimate of drug-likeness (QED) is 0.500. The van der Waals surface area contributed by atoms with Crippen molar-refractivity contribution in [3.63, 3.8) is 0 Å². The molecule has 0 nitrogen and oxygen atoms in total. The van der Waals surface area contributed by atoms with Gasteiger partial charge in [-0.2, -0.15) is 6.42 Å². The minimum absolute atomic E-state index is 0. The molecule has 0 N–H and O–H groups in total. The van der Waals surface area contributed by atoms with E-state index in [1.165, 1.54) is 0 Å². The zero-order chi connectivity index (χ0) is 2.71. The van der Waals surface area contributed by atoms with Gasteiger partial charge in [0.1, 0.15) is 0 Å². The van der Waals surface area contributed by atoms with E-state index in [4.69, 9.17) is 0 Å². The predicted octanol–water partition coefficient (Wildman–Crippen LogP) is 1.23. The molecular weight excluding hydrogens is 180 g/mol. The van der Waals surface area contributed by atoms with Crippen molar-refractivity contribution in [2.45, 2.75) is 13.3 Å². The Morgan fingerprint density at radius 1 is 1.75 bits per heavy atom. The first-order valence-corrected chi connectivity index (χ1v) is 1.21. The first-order valence-electron chi connectivity index (χ1n) is 1.21. The van der Waals surface area contributed by atoms with Gasteiger partial charge in [0, 0.05) is 40.8 Å². The maximum absolute atomic E-state index is 3.49. The average molecular weight is 187 g/mol. The summed E-state index contributed by atoms with van der Waals surface area (Å²) >= 11 is 0. The van der Waals surface area contributed by atoms with Crippen LogP contribution in [0.5, 0.6) is 0 Å². The van der Waals surface area contributed by atoms with Crippen molar-refractivity contribution in [3.8, 4) is 0 Å². The molecule has 0 spiro atoms. The molecule has 0 atom stereocenters.